The fraction of sp³-hybridized carbons (Fsp3) is 0.500. The standard InChI is InChI=1S/C18H23FN2O4/c19-14-7-3-12(4-8-14)17(23)20-11-1-2-16(22)21-15-9-5-13(6-10-15)18(24)25/h3-4,7-8,13,15H,1-2,5-6,9-11H2,(H,20,23)(H,21,22)(H,24,25). The van der Waals surface area contributed by atoms with E-state index in [1.54, 1.807) is 0 Å². The molecule has 1 saturated carbocycles. The average molecular weight is 350 g/mol. The number of amides is 2. The van der Waals surface area contributed by atoms with Gasteiger partial charge in [-0.1, -0.05) is 0 Å². The van der Waals surface area contributed by atoms with Crippen molar-refractivity contribution in [2.45, 2.75) is 44.6 Å². The van der Waals surface area contributed by atoms with E-state index in [-0.39, 0.29) is 23.8 Å². The Kier molecular flexibility index (Phi) is 6.91. The Balaban J connectivity index is 1.60. The molecule has 1 fully saturated rings. The van der Waals surface area contributed by atoms with E-state index >= 15 is 0 Å². The quantitative estimate of drug-likeness (QED) is 0.656. The van der Waals surface area contributed by atoms with E-state index in [4.69, 9.17) is 5.11 Å². The van der Waals surface area contributed by atoms with Crippen molar-refractivity contribution in [1.29, 1.82) is 0 Å². The smallest absolute Gasteiger partial charge is 0.306 e. The van der Waals surface area contributed by atoms with Crippen LogP contribution >= 0.6 is 0 Å². The summed E-state index contributed by atoms with van der Waals surface area (Å²) in [6, 6.07) is 5.30. The first kappa shape index (κ1) is 18.9. The number of halogens is 1. The minimum atomic E-state index is -0.762. The summed E-state index contributed by atoms with van der Waals surface area (Å²) in [7, 11) is 0. The lowest BCUT2D eigenvalue weighted by atomic mass is 9.86. The van der Waals surface area contributed by atoms with E-state index in [1.165, 1.54) is 24.3 Å². The largest absolute Gasteiger partial charge is 0.481 e. The van der Waals surface area contributed by atoms with Gasteiger partial charge < -0.3 is 15.7 Å². The molecule has 0 saturated heterocycles. The molecule has 25 heavy (non-hydrogen) atoms. The first-order chi connectivity index (χ1) is 12.0. The lowest BCUT2D eigenvalue weighted by molar-refractivity contribution is -0.142. The second-order valence-corrected chi connectivity index (χ2v) is 6.32. The normalized spacial score (nSPS) is 19.9. The maximum absolute atomic E-state index is 12.8. The van der Waals surface area contributed by atoms with Gasteiger partial charge in [-0.3, -0.25) is 14.4 Å². The zero-order valence-corrected chi connectivity index (χ0v) is 14.0. The van der Waals surface area contributed by atoms with Crippen LogP contribution in [0, 0.1) is 11.7 Å². The molecule has 0 bridgehead atoms. The highest BCUT2D eigenvalue weighted by molar-refractivity contribution is 5.94. The lowest BCUT2D eigenvalue weighted by Gasteiger charge is -2.26. The van der Waals surface area contributed by atoms with Crippen LogP contribution in [0.2, 0.25) is 0 Å². The monoisotopic (exact) mass is 350 g/mol. The molecule has 7 heteroatoms. The van der Waals surface area contributed by atoms with Crippen LogP contribution in [0.15, 0.2) is 24.3 Å². The molecule has 0 radical (unpaired) electrons. The number of aliphatic carboxylic acids is 1. The molecular weight excluding hydrogens is 327 g/mol. The molecule has 6 nitrogen and oxygen atoms in total. The SMILES string of the molecule is O=C(CCCNC(=O)c1ccc(F)cc1)NC1CCC(C(=O)O)CC1. The Hall–Kier alpha value is -2.44. The van der Waals surface area contributed by atoms with Crippen molar-refractivity contribution in [3.63, 3.8) is 0 Å². The lowest BCUT2D eigenvalue weighted by Crippen LogP contribution is -2.39. The van der Waals surface area contributed by atoms with E-state index in [9.17, 15) is 18.8 Å². The van der Waals surface area contributed by atoms with E-state index < -0.39 is 11.8 Å². The van der Waals surface area contributed by atoms with Crippen LogP contribution in [0.4, 0.5) is 4.39 Å². The van der Waals surface area contributed by atoms with Crippen LogP contribution in [0.1, 0.15) is 48.9 Å². The summed E-state index contributed by atoms with van der Waals surface area (Å²) in [6.45, 7) is 0.357. The highest BCUT2D eigenvalue weighted by Gasteiger charge is 2.26. The third-order valence-corrected chi connectivity index (χ3v) is 4.41. The number of carbonyl (C=O) groups is 3. The first-order valence-corrected chi connectivity index (χ1v) is 8.51. The van der Waals surface area contributed by atoms with Crippen molar-refractivity contribution >= 4 is 17.8 Å². The molecule has 1 aliphatic rings. The molecule has 1 aliphatic carbocycles. The Morgan fingerprint density at radius 2 is 1.72 bits per heavy atom. The minimum Gasteiger partial charge on any atom is -0.481 e. The topological polar surface area (TPSA) is 95.5 Å². The predicted octanol–water partition coefficient (Wildman–Crippen LogP) is 2.10. The van der Waals surface area contributed by atoms with Crippen molar-refractivity contribution in [1.82, 2.24) is 10.6 Å². The summed E-state index contributed by atoms with van der Waals surface area (Å²) < 4.78 is 12.8. The van der Waals surface area contributed by atoms with Crippen LogP contribution in [0.25, 0.3) is 0 Å². The van der Waals surface area contributed by atoms with Crippen molar-refractivity contribution in [3.8, 4) is 0 Å². The van der Waals surface area contributed by atoms with Crippen LogP contribution in [-0.2, 0) is 9.59 Å². The van der Waals surface area contributed by atoms with E-state index in [1.807, 2.05) is 0 Å². The van der Waals surface area contributed by atoms with Gasteiger partial charge in [-0.05, 0) is 56.4 Å². The zero-order chi connectivity index (χ0) is 18.2. The summed E-state index contributed by atoms with van der Waals surface area (Å²) in [5, 5.41) is 14.6. The number of carboxylic acids is 1. The van der Waals surface area contributed by atoms with Gasteiger partial charge in [-0.15, -0.1) is 0 Å². The van der Waals surface area contributed by atoms with Gasteiger partial charge in [0.25, 0.3) is 5.91 Å². The number of hydrogen-bond acceptors (Lipinski definition) is 3. The fourth-order valence-corrected chi connectivity index (χ4v) is 2.94. The van der Waals surface area contributed by atoms with Gasteiger partial charge in [0.05, 0.1) is 5.92 Å². The van der Waals surface area contributed by atoms with Crippen LogP contribution in [0.5, 0.6) is 0 Å². The van der Waals surface area contributed by atoms with E-state index in [2.05, 4.69) is 10.6 Å². The van der Waals surface area contributed by atoms with Gasteiger partial charge in [0.2, 0.25) is 5.91 Å². The molecule has 0 unspecified atom stereocenters. The Morgan fingerprint density at radius 3 is 2.32 bits per heavy atom. The van der Waals surface area contributed by atoms with Crippen molar-refractivity contribution < 1.29 is 23.9 Å². The predicted molar refractivity (Wildman–Crippen MR) is 89.5 cm³/mol. The molecule has 0 heterocycles. The molecule has 0 spiro atoms. The van der Waals surface area contributed by atoms with Gasteiger partial charge in [0.15, 0.2) is 0 Å². The molecule has 0 aliphatic heterocycles. The third kappa shape index (κ3) is 6.17. The van der Waals surface area contributed by atoms with Crippen molar-refractivity contribution in [2.24, 2.45) is 5.92 Å². The van der Waals surface area contributed by atoms with Gasteiger partial charge in [-0.25, -0.2) is 4.39 Å². The number of nitrogens with one attached hydrogen (secondary N) is 2. The minimum absolute atomic E-state index is 0.0388. The summed E-state index contributed by atoms with van der Waals surface area (Å²) in [4.78, 5) is 34.6. The Bertz CT molecular complexity index is 610. The zero-order valence-electron chi connectivity index (χ0n) is 14.0. The molecule has 0 aromatic heterocycles. The van der Waals surface area contributed by atoms with Gasteiger partial charge in [0, 0.05) is 24.6 Å². The second-order valence-electron chi connectivity index (χ2n) is 6.32. The van der Waals surface area contributed by atoms with E-state index in [0.717, 1.165) is 0 Å². The number of carbonyl (C=O) groups excluding carboxylic acids is 2. The fourth-order valence-electron chi connectivity index (χ4n) is 2.94. The maximum atomic E-state index is 12.8. The van der Waals surface area contributed by atoms with Gasteiger partial charge >= 0.3 is 5.97 Å². The number of carboxylic acid groups (broad SMARTS) is 1. The highest BCUT2D eigenvalue weighted by atomic mass is 19.1. The summed E-state index contributed by atoms with van der Waals surface area (Å²) in [5.74, 6) is -1.84. The Morgan fingerprint density at radius 1 is 1.08 bits per heavy atom. The molecule has 3 N–H and O–H groups in total. The third-order valence-electron chi connectivity index (χ3n) is 4.41. The molecule has 1 aromatic carbocycles. The number of rotatable bonds is 7. The molecule has 2 amide bonds. The first-order valence-electron chi connectivity index (χ1n) is 8.51. The van der Waals surface area contributed by atoms with Crippen LogP contribution < -0.4 is 10.6 Å². The highest BCUT2D eigenvalue weighted by Crippen LogP contribution is 2.24. The van der Waals surface area contributed by atoms with Gasteiger partial charge in [0.1, 0.15) is 5.82 Å². The van der Waals surface area contributed by atoms with Crippen LogP contribution in [0.3, 0.4) is 0 Å². The van der Waals surface area contributed by atoms with E-state index in [0.29, 0.717) is 50.6 Å². The molecule has 136 valence electrons. The maximum Gasteiger partial charge on any atom is 0.306 e. The average Bonchev–Trinajstić information content (AvgIpc) is 2.59. The number of hydrogen-bond donors (Lipinski definition) is 3. The Labute approximate surface area is 145 Å². The molecule has 2 rings (SSSR count). The molecular formula is C18H23FN2O4. The van der Waals surface area contributed by atoms with Crippen molar-refractivity contribution in [3.05, 3.63) is 35.6 Å². The molecule has 1 aromatic rings. The molecule has 0 atom stereocenters. The summed E-state index contributed by atoms with van der Waals surface area (Å²) in [6.07, 6.45) is 3.35. The number of benzene rings is 1. The van der Waals surface area contributed by atoms with Gasteiger partial charge in [-0.2, -0.15) is 0 Å². The summed E-state index contributed by atoms with van der Waals surface area (Å²) >= 11 is 0. The summed E-state index contributed by atoms with van der Waals surface area (Å²) in [5.41, 5.74) is 0.376. The van der Waals surface area contributed by atoms with Crippen molar-refractivity contribution in [2.75, 3.05) is 6.54 Å². The van der Waals surface area contributed by atoms with Crippen LogP contribution in [-0.4, -0.2) is 35.5 Å². The second kappa shape index (κ2) is 9.15.